The Labute approximate surface area is 303 Å². The molecule has 0 radical (unpaired) electrons. The fourth-order valence-corrected chi connectivity index (χ4v) is 8.48. The Morgan fingerprint density at radius 1 is 0.442 bits per heavy atom. The molecule has 1 aliphatic carbocycles. The molecule has 0 N–H and O–H groups in total. The zero-order chi connectivity index (χ0) is 35.0. The van der Waals surface area contributed by atoms with E-state index in [0.717, 1.165) is 17.1 Å². The van der Waals surface area contributed by atoms with Crippen molar-refractivity contribution in [1.29, 1.82) is 5.26 Å². The van der Waals surface area contributed by atoms with Gasteiger partial charge in [0, 0.05) is 22.2 Å². The minimum absolute atomic E-state index is 0.149. The highest BCUT2D eigenvalue weighted by molar-refractivity contribution is 6.16. The summed E-state index contributed by atoms with van der Waals surface area (Å²) in [7, 11) is 0. The maximum atomic E-state index is 9.49. The molecule has 0 spiro atoms. The van der Waals surface area contributed by atoms with Crippen LogP contribution in [-0.2, 0) is 5.41 Å². The summed E-state index contributed by atoms with van der Waals surface area (Å²) in [6.07, 6.45) is 0. The van der Waals surface area contributed by atoms with E-state index >= 15 is 0 Å². The van der Waals surface area contributed by atoms with Gasteiger partial charge in [0.05, 0.1) is 17.3 Å². The first kappa shape index (κ1) is 30.2. The van der Waals surface area contributed by atoms with Gasteiger partial charge in [0.1, 0.15) is 0 Å². The van der Waals surface area contributed by atoms with Crippen LogP contribution in [0.2, 0.25) is 0 Å². The molecule has 9 aromatic carbocycles. The van der Waals surface area contributed by atoms with Crippen LogP contribution in [0.15, 0.2) is 170 Å². The van der Waals surface area contributed by atoms with Crippen LogP contribution in [0.25, 0.3) is 65.3 Å². The lowest BCUT2D eigenvalue weighted by Gasteiger charge is -2.27. The lowest BCUT2D eigenvalue weighted by Crippen LogP contribution is -2.15. The van der Waals surface area contributed by atoms with Crippen LogP contribution in [0.1, 0.15) is 30.5 Å². The van der Waals surface area contributed by atoms with Gasteiger partial charge in [-0.2, -0.15) is 5.26 Å². The minimum atomic E-state index is -0.149. The molecule has 0 aromatic heterocycles. The molecule has 244 valence electrons. The van der Waals surface area contributed by atoms with Crippen molar-refractivity contribution in [2.45, 2.75) is 19.3 Å². The van der Waals surface area contributed by atoms with E-state index in [0.29, 0.717) is 5.56 Å². The van der Waals surface area contributed by atoms with Crippen molar-refractivity contribution in [3.05, 3.63) is 187 Å². The van der Waals surface area contributed by atoms with Gasteiger partial charge >= 0.3 is 0 Å². The second-order valence-corrected chi connectivity index (χ2v) is 14.5. The third kappa shape index (κ3) is 4.64. The minimum Gasteiger partial charge on any atom is -0.310 e. The van der Waals surface area contributed by atoms with Crippen molar-refractivity contribution < 1.29 is 0 Å². The molecule has 0 atom stereocenters. The van der Waals surface area contributed by atoms with Gasteiger partial charge in [-0.1, -0.05) is 111 Å². The molecular formula is C50H34N2. The zero-order valence-electron chi connectivity index (χ0n) is 29.1. The highest BCUT2D eigenvalue weighted by atomic mass is 15.1. The standard InChI is InChI=1S/C50H34N2/c1-50(2)45-29-40(27-38-18-19-39-28-41(30-46(50)49(39)48(38)45)37-17-16-33-8-3-4-10-36(33)26-37)34-20-24-43(25-21-34)52(42-22-14-32(31-51)15-23-42)47-13-7-11-35-9-5-6-12-44(35)47/h3-30H,1-2H3. The average Bonchev–Trinajstić information content (AvgIpc) is 3.43. The van der Waals surface area contributed by atoms with Gasteiger partial charge in [-0.3, -0.25) is 0 Å². The second-order valence-electron chi connectivity index (χ2n) is 14.5. The van der Waals surface area contributed by atoms with Crippen LogP contribution in [0.5, 0.6) is 0 Å². The van der Waals surface area contributed by atoms with E-state index in [-0.39, 0.29) is 5.41 Å². The van der Waals surface area contributed by atoms with E-state index in [1.165, 1.54) is 76.5 Å². The van der Waals surface area contributed by atoms with Crippen molar-refractivity contribution in [3.8, 4) is 28.3 Å². The topological polar surface area (TPSA) is 27.0 Å². The summed E-state index contributed by atoms with van der Waals surface area (Å²) in [5.74, 6) is 0. The molecule has 2 heteroatoms. The Balaban J connectivity index is 1.06. The third-order valence-corrected chi connectivity index (χ3v) is 11.2. The fourth-order valence-electron chi connectivity index (χ4n) is 8.48. The molecular weight excluding hydrogens is 629 g/mol. The number of nitrogens with zero attached hydrogens (tertiary/aromatic N) is 2. The molecule has 9 aromatic rings. The van der Waals surface area contributed by atoms with Crippen molar-refractivity contribution in [3.63, 3.8) is 0 Å². The molecule has 10 rings (SSSR count). The van der Waals surface area contributed by atoms with E-state index in [2.05, 4.69) is 170 Å². The van der Waals surface area contributed by atoms with Crippen LogP contribution >= 0.6 is 0 Å². The largest absolute Gasteiger partial charge is 0.310 e. The predicted octanol–water partition coefficient (Wildman–Crippen LogP) is 13.6. The van der Waals surface area contributed by atoms with Crippen molar-refractivity contribution in [2.75, 3.05) is 4.90 Å². The van der Waals surface area contributed by atoms with Gasteiger partial charge in [-0.05, 0) is 144 Å². The first-order valence-corrected chi connectivity index (χ1v) is 17.9. The second kappa shape index (κ2) is 11.4. The zero-order valence-corrected chi connectivity index (χ0v) is 29.1. The Kier molecular flexibility index (Phi) is 6.62. The average molecular weight is 663 g/mol. The first-order chi connectivity index (χ1) is 25.5. The smallest absolute Gasteiger partial charge is 0.0991 e. The molecule has 0 unspecified atom stereocenters. The third-order valence-electron chi connectivity index (χ3n) is 11.2. The van der Waals surface area contributed by atoms with Gasteiger partial charge in [0.15, 0.2) is 0 Å². The van der Waals surface area contributed by atoms with Crippen LogP contribution in [0.3, 0.4) is 0 Å². The lowest BCUT2D eigenvalue weighted by molar-refractivity contribution is 0.663. The van der Waals surface area contributed by atoms with E-state index < -0.39 is 0 Å². The molecule has 0 saturated carbocycles. The molecule has 0 fully saturated rings. The maximum Gasteiger partial charge on any atom is 0.0991 e. The molecule has 0 amide bonds. The lowest BCUT2D eigenvalue weighted by atomic mass is 9.80. The summed E-state index contributed by atoms with van der Waals surface area (Å²) in [6, 6.07) is 63.6. The van der Waals surface area contributed by atoms with E-state index in [1.54, 1.807) is 0 Å². The van der Waals surface area contributed by atoms with Crippen molar-refractivity contribution in [1.82, 2.24) is 0 Å². The SMILES string of the molecule is CC1(C)c2cc(-c3ccc(N(c4ccc(C#N)cc4)c4cccc5ccccc45)cc3)cc3ccc4cc(-c5ccc6ccccc6c5)cc1c4c23. The summed E-state index contributed by atoms with van der Waals surface area (Å²) in [4.78, 5) is 2.29. The number of anilines is 3. The van der Waals surface area contributed by atoms with Crippen LogP contribution in [0, 0.1) is 11.3 Å². The van der Waals surface area contributed by atoms with Crippen LogP contribution in [-0.4, -0.2) is 0 Å². The Morgan fingerprint density at radius 2 is 0.962 bits per heavy atom. The predicted molar refractivity (Wildman–Crippen MR) is 219 cm³/mol. The van der Waals surface area contributed by atoms with E-state index in [1.807, 2.05) is 24.3 Å². The summed E-state index contributed by atoms with van der Waals surface area (Å²) < 4.78 is 0. The molecule has 1 aliphatic rings. The van der Waals surface area contributed by atoms with Crippen LogP contribution < -0.4 is 4.90 Å². The highest BCUT2D eigenvalue weighted by Crippen LogP contribution is 2.51. The first-order valence-electron chi connectivity index (χ1n) is 17.9. The fraction of sp³-hybridized carbons (Fsp3) is 0.0600. The summed E-state index contributed by atoms with van der Waals surface area (Å²) in [5.41, 5.74) is 11.4. The van der Waals surface area contributed by atoms with Crippen LogP contribution in [0.4, 0.5) is 17.1 Å². The molecule has 0 saturated heterocycles. The number of fused-ring (bicyclic) bond motifs is 2. The number of rotatable bonds is 5. The normalized spacial score (nSPS) is 12.9. The Morgan fingerprint density at radius 3 is 1.63 bits per heavy atom. The van der Waals surface area contributed by atoms with Crippen molar-refractivity contribution in [2.24, 2.45) is 0 Å². The molecule has 0 aliphatic heterocycles. The number of hydrogen-bond donors (Lipinski definition) is 0. The highest BCUT2D eigenvalue weighted by Gasteiger charge is 2.35. The van der Waals surface area contributed by atoms with Gasteiger partial charge in [-0.15, -0.1) is 0 Å². The van der Waals surface area contributed by atoms with Gasteiger partial charge < -0.3 is 4.90 Å². The summed E-state index contributed by atoms with van der Waals surface area (Å²) >= 11 is 0. The van der Waals surface area contributed by atoms with E-state index in [4.69, 9.17) is 0 Å². The Bertz CT molecular complexity index is 2920. The monoisotopic (exact) mass is 662 g/mol. The van der Waals surface area contributed by atoms with E-state index in [9.17, 15) is 5.26 Å². The number of benzene rings is 9. The number of nitriles is 1. The molecule has 0 bridgehead atoms. The Hall–Kier alpha value is -6.69. The van der Waals surface area contributed by atoms with Gasteiger partial charge in [-0.25, -0.2) is 0 Å². The number of hydrogen-bond acceptors (Lipinski definition) is 2. The summed E-state index contributed by atoms with van der Waals surface area (Å²) in [6.45, 7) is 4.76. The van der Waals surface area contributed by atoms with Gasteiger partial charge in [0.2, 0.25) is 0 Å². The van der Waals surface area contributed by atoms with Crippen molar-refractivity contribution >= 4 is 60.2 Å². The summed E-state index contributed by atoms with van der Waals surface area (Å²) in [5, 5.41) is 19.7. The maximum absolute atomic E-state index is 9.49. The molecule has 52 heavy (non-hydrogen) atoms. The molecule has 0 heterocycles. The van der Waals surface area contributed by atoms with Gasteiger partial charge in [0.25, 0.3) is 0 Å². The molecule has 2 nitrogen and oxygen atoms in total. The quantitative estimate of drug-likeness (QED) is 0.172.